The predicted octanol–water partition coefficient (Wildman–Crippen LogP) is 4.19. The molecule has 0 aliphatic rings. The standard InChI is InChI=1S/C23H29N7O3/c1-12(2)30-11-24-19-22(25-15-9-16(31-6)20(33-8)17(10-15)32-7)26-21(27-23(19)30)18-13(3)28-29(5)14(18)4/h9-12H,1-8H3,(H,25,26,27). The highest BCUT2D eigenvalue weighted by Gasteiger charge is 2.21. The minimum Gasteiger partial charge on any atom is -0.493 e. The van der Waals surface area contributed by atoms with Crippen LogP contribution in [0.1, 0.15) is 31.3 Å². The fraction of sp³-hybridized carbons (Fsp3) is 0.391. The van der Waals surface area contributed by atoms with Crippen LogP contribution in [-0.2, 0) is 7.05 Å². The first-order valence-corrected chi connectivity index (χ1v) is 10.6. The molecule has 4 rings (SSSR count). The second-order valence-electron chi connectivity index (χ2n) is 8.02. The van der Waals surface area contributed by atoms with Gasteiger partial charge < -0.3 is 24.1 Å². The van der Waals surface area contributed by atoms with Crippen molar-refractivity contribution in [2.45, 2.75) is 33.7 Å². The van der Waals surface area contributed by atoms with Crippen molar-refractivity contribution in [1.82, 2.24) is 29.3 Å². The number of fused-ring (bicyclic) bond motifs is 1. The highest BCUT2D eigenvalue weighted by Crippen LogP contribution is 2.41. The summed E-state index contributed by atoms with van der Waals surface area (Å²) in [7, 11) is 6.66. The average molecular weight is 452 g/mol. The Bertz CT molecular complexity index is 1300. The molecule has 0 spiro atoms. The van der Waals surface area contributed by atoms with E-state index in [1.165, 1.54) is 0 Å². The van der Waals surface area contributed by atoms with Crippen molar-refractivity contribution >= 4 is 22.7 Å². The van der Waals surface area contributed by atoms with E-state index in [-0.39, 0.29) is 6.04 Å². The first kappa shape index (κ1) is 22.4. The van der Waals surface area contributed by atoms with Crippen LogP contribution in [0.5, 0.6) is 17.2 Å². The molecule has 1 N–H and O–H groups in total. The van der Waals surface area contributed by atoms with Gasteiger partial charge in [0.15, 0.2) is 34.3 Å². The Hall–Kier alpha value is -3.82. The summed E-state index contributed by atoms with van der Waals surface area (Å²) in [6, 6.07) is 3.84. The van der Waals surface area contributed by atoms with Crippen molar-refractivity contribution in [2.24, 2.45) is 7.05 Å². The number of anilines is 2. The predicted molar refractivity (Wildman–Crippen MR) is 127 cm³/mol. The topological polar surface area (TPSA) is 101 Å². The molecular formula is C23H29N7O3. The summed E-state index contributed by atoms with van der Waals surface area (Å²) in [4.78, 5) is 14.4. The zero-order chi connectivity index (χ0) is 23.9. The molecule has 0 fully saturated rings. The van der Waals surface area contributed by atoms with Crippen molar-refractivity contribution in [3.8, 4) is 28.6 Å². The van der Waals surface area contributed by atoms with Crippen molar-refractivity contribution in [1.29, 1.82) is 0 Å². The van der Waals surface area contributed by atoms with Gasteiger partial charge >= 0.3 is 0 Å². The van der Waals surface area contributed by atoms with Gasteiger partial charge in [0.05, 0.1) is 38.9 Å². The number of benzene rings is 1. The molecule has 0 unspecified atom stereocenters. The fourth-order valence-electron chi connectivity index (χ4n) is 3.88. The Labute approximate surface area is 192 Å². The lowest BCUT2D eigenvalue weighted by Gasteiger charge is -2.15. The summed E-state index contributed by atoms with van der Waals surface area (Å²) in [6.45, 7) is 8.16. The van der Waals surface area contributed by atoms with E-state index in [9.17, 15) is 0 Å². The van der Waals surface area contributed by atoms with Crippen LogP contribution in [0.15, 0.2) is 18.5 Å². The summed E-state index contributed by atoms with van der Waals surface area (Å²) in [6.07, 6.45) is 1.79. The summed E-state index contributed by atoms with van der Waals surface area (Å²) >= 11 is 0. The number of nitrogens with one attached hydrogen (secondary N) is 1. The molecule has 0 aliphatic heterocycles. The van der Waals surface area contributed by atoms with Crippen LogP contribution in [0.3, 0.4) is 0 Å². The van der Waals surface area contributed by atoms with Crippen LogP contribution in [0.4, 0.5) is 11.5 Å². The van der Waals surface area contributed by atoms with Crippen molar-refractivity contribution < 1.29 is 14.2 Å². The normalized spacial score (nSPS) is 11.3. The number of hydrogen-bond donors (Lipinski definition) is 1. The molecule has 10 heteroatoms. The highest BCUT2D eigenvalue weighted by atomic mass is 16.5. The zero-order valence-corrected chi connectivity index (χ0v) is 20.2. The minimum atomic E-state index is 0.183. The third-order valence-corrected chi connectivity index (χ3v) is 5.64. The number of aryl methyl sites for hydroxylation is 2. The van der Waals surface area contributed by atoms with E-state index in [1.807, 2.05) is 42.3 Å². The number of rotatable bonds is 7. The Kier molecular flexibility index (Phi) is 5.84. The van der Waals surface area contributed by atoms with E-state index >= 15 is 0 Å². The van der Waals surface area contributed by atoms with Crippen LogP contribution in [-0.4, -0.2) is 50.6 Å². The molecule has 0 bridgehead atoms. The van der Waals surface area contributed by atoms with E-state index in [0.29, 0.717) is 40.1 Å². The Balaban J connectivity index is 1.92. The molecule has 174 valence electrons. The van der Waals surface area contributed by atoms with E-state index < -0.39 is 0 Å². The van der Waals surface area contributed by atoms with Gasteiger partial charge in [-0.3, -0.25) is 4.68 Å². The van der Waals surface area contributed by atoms with Gasteiger partial charge in [-0.25, -0.2) is 15.0 Å². The lowest BCUT2D eigenvalue weighted by atomic mass is 10.2. The van der Waals surface area contributed by atoms with Gasteiger partial charge in [-0.1, -0.05) is 0 Å². The van der Waals surface area contributed by atoms with Gasteiger partial charge in [-0.15, -0.1) is 0 Å². The maximum atomic E-state index is 5.50. The minimum absolute atomic E-state index is 0.183. The molecule has 0 amide bonds. The highest BCUT2D eigenvalue weighted by molar-refractivity contribution is 5.88. The van der Waals surface area contributed by atoms with E-state index in [1.54, 1.807) is 27.7 Å². The van der Waals surface area contributed by atoms with Gasteiger partial charge in [0, 0.05) is 36.6 Å². The Morgan fingerprint density at radius 1 is 0.970 bits per heavy atom. The molecule has 0 aliphatic carbocycles. The summed E-state index contributed by atoms with van der Waals surface area (Å²) in [5.41, 5.74) is 4.89. The molecule has 3 heterocycles. The van der Waals surface area contributed by atoms with Gasteiger partial charge in [0.25, 0.3) is 0 Å². The zero-order valence-electron chi connectivity index (χ0n) is 20.2. The van der Waals surface area contributed by atoms with Crippen molar-refractivity contribution in [2.75, 3.05) is 26.6 Å². The lowest BCUT2D eigenvalue weighted by molar-refractivity contribution is 0.324. The Morgan fingerprint density at radius 3 is 2.15 bits per heavy atom. The summed E-state index contributed by atoms with van der Waals surface area (Å²) in [5.74, 6) is 2.76. The molecule has 33 heavy (non-hydrogen) atoms. The largest absolute Gasteiger partial charge is 0.493 e. The van der Waals surface area contributed by atoms with E-state index in [0.717, 1.165) is 22.6 Å². The van der Waals surface area contributed by atoms with Crippen LogP contribution in [0, 0.1) is 13.8 Å². The summed E-state index contributed by atoms with van der Waals surface area (Å²) < 4.78 is 20.3. The summed E-state index contributed by atoms with van der Waals surface area (Å²) in [5, 5.41) is 7.92. The van der Waals surface area contributed by atoms with Crippen LogP contribution < -0.4 is 19.5 Å². The second kappa shape index (κ2) is 8.61. The molecule has 0 saturated heterocycles. The van der Waals surface area contributed by atoms with E-state index in [2.05, 4.69) is 29.2 Å². The molecule has 0 saturated carbocycles. The Morgan fingerprint density at radius 2 is 1.64 bits per heavy atom. The number of nitrogens with zero attached hydrogens (tertiary/aromatic N) is 6. The number of aromatic nitrogens is 6. The lowest BCUT2D eigenvalue weighted by Crippen LogP contribution is -2.05. The quantitative estimate of drug-likeness (QED) is 0.446. The molecule has 0 radical (unpaired) electrons. The fourth-order valence-corrected chi connectivity index (χ4v) is 3.88. The monoisotopic (exact) mass is 451 g/mol. The molecule has 0 atom stereocenters. The van der Waals surface area contributed by atoms with Gasteiger partial charge in [-0.05, 0) is 27.7 Å². The molecule has 3 aromatic heterocycles. The van der Waals surface area contributed by atoms with Crippen LogP contribution in [0.25, 0.3) is 22.6 Å². The SMILES string of the molecule is COc1cc(Nc2nc(-c3c(C)nn(C)c3C)nc3c2ncn3C(C)C)cc(OC)c1OC. The molecule has 10 nitrogen and oxygen atoms in total. The van der Waals surface area contributed by atoms with Gasteiger partial charge in [0.2, 0.25) is 5.75 Å². The number of methoxy groups -OCH3 is 3. The second-order valence-corrected chi connectivity index (χ2v) is 8.02. The first-order chi connectivity index (χ1) is 15.8. The first-order valence-electron chi connectivity index (χ1n) is 10.6. The maximum Gasteiger partial charge on any atom is 0.203 e. The number of imidazole rings is 1. The van der Waals surface area contributed by atoms with Crippen molar-refractivity contribution in [3.63, 3.8) is 0 Å². The van der Waals surface area contributed by atoms with E-state index in [4.69, 9.17) is 24.2 Å². The maximum absolute atomic E-state index is 5.50. The third-order valence-electron chi connectivity index (χ3n) is 5.64. The molecule has 4 aromatic rings. The van der Waals surface area contributed by atoms with Gasteiger partial charge in [0.1, 0.15) is 0 Å². The number of ether oxygens (including phenoxy) is 3. The molecule has 1 aromatic carbocycles. The smallest absolute Gasteiger partial charge is 0.203 e. The third kappa shape index (κ3) is 3.81. The number of hydrogen-bond acceptors (Lipinski definition) is 8. The van der Waals surface area contributed by atoms with Crippen LogP contribution in [0.2, 0.25) is 0 Å². The average Bonchev–Trinajstić information content (AvgIpc) is 3.33. The van der Waals surface area contributed by atoms with Gasteiger partial charge in [-0.2, -0.15) is 5.10 Å². The van der Waals surface area contributed by atoms with Crippen LogP contribution >= 0.6 is 0 Å². The van der Waals surface area contributed by atoms with Crippen molar-refractivity contribution in [3.05, 3.63) is 29.8 Å². The molecular weight excluding hydrogens is 422 g/mol.